The quantitative estimate of drug-likeness (QED) is 0.902. The van der Waals surface area contributed by atoms with Crippen LogP contribution >= 0.6 is 0 Å². The van der Waals surface area contributed by atoms with Crippen molar-refractivity contribution < 1.29 is 4.79 Å². The minimum atomic E-state index is 0.0257. The molecule has 0 saturated carbocycles. The molecule has 3 nitrogen and oxygen atoms in total. The van der Waals surface area contributed by atoms with Gasteiger partial charge in [-0.1, -0.05) is 30.7 Å². The fraction of sp³-hybridized carbons (Fsp3) is 0.562. The lowest BCUT2D eigenvalue weighted by Gasteiger charge is -2.29. The SMILES string of the molecule is CCN(Cc1ccccc1C)C(=O)C1CCCCN1. The summed E-state index contributed by atoms with van der Waals surface area (Å²) in [5.41, 5.74) is 2.50. The van der Waals surface area contributed by atoms with Crippen LogP contribution in [0.2, 0.25) is 0 Å². The van der Waals surface area contributed by atoms with Crippen molar-refractivity contribution in [2.75, 3.05) is 13.1 Å². The molecular formula is C16H24N2O. The number of benzene rings is 1. The molecule has 1 heterocycles. The van der Waals surface area contributed by atoms with Crippen molar-refractivity contribution in [3.8, 4) is 0 Å². The third kappa shape index (κ3) is 3.57. The van der Waals surface area contributed by atoms with Gasteiger partial charge in [-0.05, 0) is 44.4 Å². The lowest BCUT2D eigenvalue weighted by atomic mass is 10.0. The van der Waals surface area contributed by atoms with Gasteiger partial charge in [0, 0.05) is 13.1 Å². The molecule has 1 amide bonds. The number of carbonyl (C=O) groups excluding carboxylic acids is 1. The molecule has 1 atom stereocenters. The zero-order valence-electron chi connectivity index (χ0n) is 12.0. The van der Waals surface area contributed by atoms with Crippen molar-refractivity contribution in [1.29, 1.82) is 0 Å². The second-order valence-corrected chi connectivity index (χ2v) is 5.28. The van der Waals surface area contributed by atoms with E-state index in [0.29, 0.717) is 0 Å². The molecule has 0 aromatic heterocycles. The lowest BCUT2D eigenvalue weighted by molar-refractivity contribution is -0.134. The average molecular weight is 260 g/mol. The van der Waals surface area contributed by atoms with Gasteiger partial charge in [0.1, 0.15) is 0 Å². The molecule has 19 heavy (non-hydrogen) atoms. The maximum absolute atomic E-state index is 12.5. The second-order valence-electron chi connectivity index (χ2n) is 5.28. The fourth-order valence-electron chi connectivity index (χ4n) is 2.62. The molecule has 3 heteroatoms. The normalized spacial score (nSPS) is 19.2. The molecule has 1 aliphatic heterocycles. The Kier molecular flexibility index (Phi) is 4.97. The summed E-state index contributed by atoms with van der Waals surface area (Å²) in [5.74, 6) is 0.255. The van der Waals surface area contributed by atoms with Crippen molar-refractivity contribution in [2.24, 2.45) is 0 Å². The van der Waals surface area contributed by atoms with Crippen LogP contribution in [-0.2, 0) is 11.3 Å². The molecule has 0 aliphatic carbocycles. The molecule has 104 valence electrons. The Morgan fingerprint density at radius 2 is 2.16 bits per heavy atom. The number of aryl methyl sites for hydroxylation is 1. The van der Waals surface area contributed by atoms with E-state index in [9.17, 15) is 4.79 Å². The third-order valence-electron chi connectivity index (χ3n) is 3.92. The largest absolute Gasteiger partial charge is 0.337 e. The second kappa shape index (κ2) is 6.71. The van der Waals surface area contributed by atoms with Crippen LogP contribution in [0, 0.1) is 6.92 Å². The van der Waals surface area contributed by atoms with Gasteiger partial charge in [0.2, 0.25) is 5.91 Å². The molecule has 1 fully saturated rings. The van der Waals surface area contributed by atoms with E-state index in [0.717, 1.165) is 32.5 Å². The van der Waals surface area contributed by atoms with Gasteiger partial charge in [0.25, 0.3) is 0 Å². The molecule has 2 rings (SSSR count). The molecule has 1 N–H and O–H groups in total. The molecule has 1 saturated heterocycles. The van der Waals surface area contributed by atoms with E-state index >= 15 is 0 Å². The summed E-state index contributed by atoms with van der Waals surface area (Å²) >= 11 is 0. The number of nitrogens with zero attached hydrogens (tertiary/aromatic N) is 1. The van der Waals surface area contributed by atoms with Crippen LogP contribution in [0.3, 0.4) is 0 Å². The van der Waals surface area contributed by atoms with Gasteiger partial charge >= 0.3 is 0 Å². The number of likely N-dealkylation sites (N-methyl/N-ethyl adjacent to an activating group) is 1. The lowest BCUT2D eigenvalue weighted by Crippen LogP contribution is -2.48. The van der Waals surface area contributed by atoms with Crippen LogP contribution in [-0.4, -0.2) is 29.9 Å². The van der Waals surface area contributed by atoms with Crippen molar-refractivity contribution in [1.82, 2.24) is 10.2 Å². The summed E-state index contributed by atoms with van der Waals surface area (Å²) in [4.78, 5) is 14.5. The highest BCUT2D eigenvalue weighted by molar-refractivity contribution is 5.82. The first-order chi connectivity index (χ1) is 9.22. The Labute approximate surface area is 116 Å². The van der Waals surface area contributed by atoms with E-state index in [4.69, 9.17) is 0 Å². The molecular weight excluding hydrogens is 236 g/mol. The maximum Gasteiger partial charge on any atom is 0.239 e. The van der Waals surface area contributed by atoms with E-state index in [2.05, 4.69) is 31.3 Å². The molecule has 0 bridgehead atoms. The Morgan fingerprint density at radius 3 is 2.79 bits per heavy atom. The Morgan fingerprint density at radius 1 is 1.37 bits per heavy atom. The van der Waals surface area contributed by atoms with E-state index in [1.165, 1.54) is 17.5 Å². The Hall–Kier alpha value is -1.35. The summed E-state index contributed by atoms with van der Waals surface area (Å²) in [5, 5.41) is 3.34. The summed E-state index contributed by atoms with van der Waals surface area (Å²) in [6.45, 7) is 6.62. The van der Waals surface area contributed by atoms with Crippen molar-refractivity contribution in [2.45, 2.75) is 45.7 Å². The number of piperidine rings is 1. The standard InChI is InChI=1S/C16H24N2O/c1-3-18(12-14-9-5-4-8-13(14)2)16(19)15-10-6-7-11-17-15/h4-5,8-9,15,17H,3,6-7,10-12H2,1-2H3. The molecule has 1 aliphatic rings. The predicted octanol–water partition coefficient (Wildman–Crippen LogP) is 2.49. The highest BCUT2D eigenvalue weighted by Gasteiger charge is 2.24. The highest BCUT2D eigenvalue weighted by atomic mass is 16.2. The summed E-state index contributed by atoms with van der Waals surface area (Å²) in [6.07, 6.45) is 3.32. The van der Waals surface area contributed by atoms with Crippen LogP contribution in [0.4, 0.5) is 0 Å². The van der Waals surface area contributed by atoms with Crippen molar-refractivity contribution >= 4 is 5.91 Å². The first-order valence-corrected chi connectivity index (χ1v) is 7.29. The smallest absolute Gasteiger partial charge is 0.239 e. The molecule has 1 aromatic rings. The molecule has 0 radical (unpaired) electrons. The predicted molar refractivity (Wildman–Crippen MR) is 77.9 cm³/mol. The zero-order valence-corrected chi connectivity index (χ0v) is 12.0. The van der Waals surface area contributed by atoms with Crippen LogP contribution in [0.25, 0.3) is 0 Å². The number of hydrogen-bond donors (Lipinski definition) is 1. The number of nitrogens with one attached hydrogen (secondary N) is 1. The summed E-state index contributed by atoms with van der Waals surface area (Å²) in [6, 6.07) is 8.32. The first kappa shape index (κ1) is 14.1. The van der Waals surface area contributed by atoms with Crippen LogP contribution < -0.4 is 5.32 Å². The summed E-state index contributed by atoms with van der Waals surface area (Å²) in [7, 11) is 0. The average Bonchev–Trinajstić information content (AvgIpc) is 2.47. The third-order valence-corrected chi connectivity index (χ3v) is 3.92. The fourth-order valence-corrected chi connectivity index (χ4v) is 2.62. The van der Waals surface area contributed by atoms with Gasteiger partial charge in [0.05, 0.1) is 6.04 Å². The van der Waals surface area contributed by atoms with Gasteiger partial charge in [0.15, 0.2) is 0 Å². The molecule has 1 unspecified atom stereocenters. The van der Waals surface area contributed by atoms with E-state index < -0.39 is 0 Å². The first-order valence-electron chi connectivity index (χ1n) is 7.29. The zero-order chi connectivity index (χ0) is 13.7. The highest BCUT2D eigenvalue weighted by Crippen LogP contribution is 2.14. The van der Waals surface area contributed by atoms with E-state index in [1.54, 1.807) is 0 Å². The van der Waals surface area contributed by atoms with Crippen molar-refractivity contribution in [3.05, 3.63) is 35.4 Å². The van der Waals surface area contributed by atoms with Gasteiger partial charge in [-0.3, -0.25) is 4.79 Å². The topological polar surface area (TPSA) is 32.3 Å². The minimum absolute atomic E-state index is 0.0257. The number of amides is 1. The number of carbonyl (C=O) groups is 1. The van der Waals surface area contributed by atoms with Gasteiger partial charge in [-0.15, -0.1) is 0 Å². The van der Waals surface area contributed by atoms with E-state index in [1.807, 2.05) is 17.0 Å². The maximum atomic E-state index is 12.5. The van der Waals surface area contributed by atoms with Gasteiger partial charge < -0.3 is 10.2 Å². The molecule has 1 aromatic carbocycles. The monoisotopic (exact) mass is 260 g/mol. The Bertz CT molecular complexity index is 425. The molecule has 0 spiro atoms. The van der Waals surface area contributed by atoms with Crippen LogP contribution in [0.15, 0.2) is 24.3 Å². The number of hydrogen-bond acceptors (Lipinski definition) is 2. The van der Waals surface area contributed by atoms with Crippen LogP contribution in [0.5, 0.6) is 0 Å². The summed E-state index contributed by atoms with van der Waals surface area (Å²) < 4.78 is 0. The van der Waals surface area contributed by atoms with Crippen LogP contribution in [0.1, 0.15) is 37.3 Å². The van der Waals surface area contributed by atoms with Gasteiger partial charge in [-0.25, -0.2) is 0 Å². The van der Waals surface area contributed by atoms with Gasteiger partial charge in [-0.2, -0.15) is 0 Å². The van der Waals surface area contributed by atoms with Crippen molar-refractivity contribution in [3.63, 3.8) is 0 Å². The minimum Gasteiger partial charge on any atom is -0.337 e. The number of rotatable bonds is 4. The van der Waals surface area contributed by atoms with E-state index in [-0.39, 0.29) is 11.9 Å². The Balaban J connectivity index is 2.03.